The van der Waals surface area contributed by atoms with Crippen LogP contribution >= 0.6 is 34.5 Å². The minimum atomic E-state index is -0.265. The lowest BCUT2D eigenvalue weighted by Gasteiger charge is -2.16. The van der Waals surface area contributed by atoms with Gasteiger partial charge in [-0.2, -0.15) is 0 Å². The Morgan fingerprint density at radius 1 is 1.45 bits per heavy atom. The van der Waals surface area contributed by atoms with Gasteiger partial charge in [0.1, 0.15) is 5.01 Å². The first-order valence-corrected chi connectivity index (χ1v) is 7.57. The predicted octanol–water partition coefficient (Wildman–Crippen LogP) is 4.01. The van der Waals surface area contributed by atoms with Crippen molar-refractivity contribution in [3.8, 4) is 0 Å². The molecule has 0 saturated carbocycles. The molecular formula is C13H13Cl2N3OS. The molecular weight excluding hydrogens is 317 g/mol. The number of urea groups is 1. The monoisotopic (exact) mass is 329 g/mol. The molecule has 7 heteroatoms. The standard InChI is InChI=1S/C13H13Cl2N3OS/c1-8(10-3-2-9(14)6-11(10)15)18-13(19)17-7-12-16-4-5-20-12/h2-6,8H,7H2,1H3,(H2,17,18,19)/t8-/m0/s1. The van der Waals surface area contributed by atoms with E-state index in [9.17, 15) is 4.79 Å². The summed E-state index contributed by atoms with van der Waals surface area (Å²) in [5.74, 6) is 0. The third-order valence-corrected chi connectivity index (χ3v) is 4.00. The lowest BCUT2D eigenvalue weighted by molar-refractivity contribution is 0.237. The van der Waals surface area contributed by atoms with E-state index in [0.717, 1.165) is 10.6 Å². The van der Waals surface area contributed by atoms with Gasteiger partial charge < -0.3 is 10.6 Å². The SMILES string of the molecule is C[C@H](NC(=O)NCc1nccs1)c1ccc(Cl)cc1Cl. The molecule has 0 spiro atoms. The first-order chi connectivity index (χ1) is 9.56. The molecule has 1 heterocycles. The molecule has 2 amide bonds. The molecule has 106 valence electrons. The second-order valence-electron chi connectivity index (χ2n) is 4.14. The Bertz CT molecular complexity index is 589. The molecule has 2 aromatic rings. The van der Waals surface area contributed by atoms with Gasteiger partial charge in [-0.25, -0.2) is 9.78 Å². The molecule has 20 heavy (non-hydrogen) atoms. The predicted molar refractivity (Wildman–Crippen MR) is 82.4 cm³/mol. The lowest BCUT2D eigenvalue weighted by atomic mass is 10.1. The van der Waals surface area contributed by atoms with E-state index in [1.165, 1.54) is 11.3 Å². The van der Waals surface area contributed by atoms with Crippen LogP contribution in [0.2, 0.25) is 10.0 Å². The molecule has 0 unspecified atom stereocenters. The summed E-state index contributed by atoms with van der Waals surface area (Å²) in [6, 6.07) is 4.73. The van der Waals surface area contributed by atoms with Crippen molar-refractivity contribution >= 4 is 40.6 Å². The first kappa shape index (κ1) is 15.1. The number of aromatic nitrogens is 1. The van der Waals surface area contributed by atoms with Gasteiger partial charge in [0, 0.05) is 21.6 Å². The fourth-order valence-electron chi connectivity index (χ4n) is 1.67. The van der Waals surface area contributed by atoms with E-state index < -0.39 is 0 Å². The highest BCUT2D eigenvalue weighted by Crippen LogP contribution is 2.25. The van der Waals surface area contributed by atoms with E-state index in [-0.39, 0.29) is 12.1 Å². The molecule has 0 aliphatic carbocycles. The van der Waals surface area contributed by atoms with Crippen molar-refractivity contribution in [3.05, 3.63) is 50.4 Å². The average Bonchev–Trinajstić information content (AvgIpc) is 2.89. The van der Waals surface area contributed by atoms with Crippen molar-refractivity contribution in [2.45, 2.75) is 19.5 Å². The summed E-state index contributed by atoms with van der Waals surface area (Å²) in [5.41, 5.74) is 0.820. The van der Waals surface area contributed by atoms with Crippen molar-refractivity contribution < 1.29 is 4.79 Å². The quantitative estimate of drug-likeness (QED) is 0.890. The van der Waals surface area contributed by atoms with Crippen molar-refractivity contribution in [1.29, 1.82) is 0 Å². The van der Waals surface area contributed by atoms with E-state index in [4.69, 9.17) is 23.2 Å². The Labute approximate surface area is 131 Å². The zero-order chi connectivity index (χ0) is 14.5. The number of halogens is 2. The summed E-state index contributed by atoms with van der Waals surface area (Å²) in [6.45, 7) is 2.27. The highest BCUT2D eigenvalue weighted by Gasteiger charge is 2.12. The van der Waals surface area contributed by atoms with Crippen LogP contribution in [0.3, 0.4) is 0 Å². The maximum atomic E-state index is 11.8. The number of carbonyl (C=O) groups is 1. The fourth-order valence-corrected chi connectivity index (χ4v) is 2.80. The highest BCUT2D eigenvalue weighted by molar-refractivity contribution is 7.09. The molecule has 2 N–H and O–H groups in total. The lowest BCUT2D eigenvalue weighted by Crippen LogP contribution is -2.36. The van der Waals surface area contributed by atoms with Crippen LogP contribution in [0.1, 0.15) is 23.5 Å². The summed E-state index contributed by atoms with van der Waals surface area (Å²) >= 11 is 13.4. The number of rotatable bonds is 4. The van der Waals surface area contributed by atoms with E-state index in [1.54, 1.807) is 24.4 Å². The summed E-state index contributed by atoms with van der Waals surface area (Å²) < 4.78 is 0. The number of nitrogens with one attached hydrogen (secondary N) is 2. The zero-order valence-electron chi connectivity index (χ0n) is 10.7. The highest BCUT2D eigenvalue weighted by atomic mass is 35.5. The fraction of sp³-hybridized carbons (Fsp3) is 0.231. The van der Waals surface area contributed by atoms with Crippen LogP contribution in [0.15, 0.2) is 29.8 Å². The van der Waals surface area contributed by atoms with Gasteiger partial charge in [0.05, 0.1) is 12.6 Å². The molecule has 0 aliphatic heterocycles. The second kappa shape index (κ2) is 6.92. The van der Waals surface area contributed by atoms with Crippen LogP contribution < -0.4 is 10.6 Å². The van der Waals surface area contributed by atoms with Gasteiger partial charge in [-0.05, 0) is 24.6 Å². The Balaban J connectivity index is 1.90. The second-order valence-corrected chi connectivity index (χ2v) is 5.96. The van der Waals surface area contributed by atoms with E-state index in [2.05, 4.69) is 15.6 Å². The van der Waals surface area contributed by atoms with Gasteiger partial charge in [-0.3, -0.25) is 0 Å². The number of amides is 2. The Morgan fingerprint density at radius 3 is 2.90 bits per heavy atom. The van der Waals surface area contributed by atoms with Gasteiger partial charge in [0.2, 0.25) is 0 Å². The van der Waals surface area contributed by atoms with Gasteiger partial charge in [-0.1, -0.05) is 29.3 Å². The zero-order valence-corrected chi connectivity index (χ0v) is 13.0. The van der Waals surface area contributed by atoms with E-state index in [0.29, 0.717) is 16.6 Å². The van der Waals surface area contributed by atoms with Crippen LogP contribution in [0.25, 0.3) is 0 Å². The van der Waals surface area contributed by atoms with Gasteiger partial charge >= 0.3 is 6.03 Å². The summed E-state index contributed by atoms with van der Waals surface area (Å²) in [6.07, 6.45) is 1.70. The Morgan fingerprint density at radius 2 is 2.25 bits per heavy atom. The number of hydrogen-bond donors (Lipinski definition) is 2. The van der Waals surface area contributed by atoms with Gasteiger partial charge in [-0.15, -0.1) is 11.3 Å². The van der Waals surface area contributed by atoms with Gasteiger partial charge in [0.25, 0.3) is 0 Å². The number of thiazole rings is 1. The van der Waals surface area contributed by atoms with E-state index in [1.807, 2.05) is 12.3 Å². The number of benzene rings is 1. The summed E-state index contributed by atoms with van der Waals surface area (Å²) in [7, 11) is 0. The Hall–Kier alpha value is -1.30. The van der Waals surface area contributed by atoms with Crippen molar-refractivity contribution in [3.63, 3.8) is 0 Å². The summed E-state index contributed by atoms with van der Waals surface area (Å²) in [5, 5.41) is 9.39. The van der Waals surface area contributed by atoms with Crippen LogP contribution in [-0.4, -0.2) is 11.0 Å². The molecule has 0 saturated heterocycles. The van der Waals surface area contributed by atoms with Crippen LogP contribution in [0, 0.1) is 0 Å². The maximum absolute atomic E-state index is 11.8. The smallest absolute Gasteiger partial charge is 0.315 e. The van der Waals surface area contributed by atoms with Crippen LogP contribution in [0.5, 0.6) is 0 Å². The van der Waals surface area contributed by atoms with Crippen LogP contribution in [-0.2, 0) is 6.54 Å². The number of hydrogen-bond acceptors (Lipinski definition) is 3. The minimum absolute atomic E-state index is 0.212. The molecule has 1 aromatic carbocycles. The normalized spacial score (nSPS) is 11.9. The summed E-state index contributed by atoms with van der Waals surface area (Å²) in [4.78, 5) is 15.9. The van der Waals surface area contributed by atoms with Crippen molar-refractivity contribution in [2.24, 2.45) is 0 Å². The van der Waals surface area contributed by atoms with E-state index >= 15 is 0 Å². The Kier molecular flexibility index (Phi) is 5.23. The minimum Gasteiger partial charge on any atom is -0.332 e. The van der Waals surface area contributed by atoms with Crippen molar-refractivity contribution in [1.82, 2.24) is 15.6 Å². The van der Waals surface area contributed by atoms with Crippen molar-refractivity contribution in [2.75, 3.05) is 0 Å². The number of carbonyl (C=O) groups excluding carboxylic acids is 1. The maximum Gasteiger partial charge on any atom is 0.315 e. The molecule has 4 nitrogen and oxygen atoms in total. The largest absolute Gasteiger partial charge is 0.332 e. The molecule has 2 rings (SSSR count). The molecule has 1 atom stereocenters. The molecule has 1 aromatic heterocycles. The van der Waals surface area contributed by atoms with Crippen LogP contribution in [0.4, 0.5) is 4.79 Å². The number of nitrogens with zero attached hydrogens (tertiary/aromatic N) is 1. The first-order valence-electron chi connectivity index (χ1n) is 5.94. The molecule has 0 aliphatic rings. The molecule has 0 bridgehead atoms. The van der Waals surface area contributed by atoms with Gasteiger partial charge in [0.15, 0.2) is 0 Å². The molecule has 0 fully saturated rings. The topological polar surface area (TPSA) is 54.0 Å². The third kappa shape index (κ3) is 4.10. The molecule has 0 radical (unpaired) electrons. The third-order valence-electron chi connectivity index (χ3n) is 2.66. The average molecular weight is 330 g/mol.